The largest absolute Gasteiger partial charge is 0.354 e. The average molecular weight is 423 g/mol. The van der Waals surface area contributed by atoms with E-state index >= 15 is 0 Å². The van der Waals surface area contributed by atoms with Crippen LogP contribution in [-0.4, -0.2) is 9.97 Å². The number of aryl methyl sites for hydroxylation is 1. The van der Waals surface area contributed by atoms with Gasteiger partial charge in [0.15, 0.2) is 0 Å². The molecule has 0 fully saturated rings. The van der Waals surface area contributed by atoms with Crippen LogP contribution in [0, 0.1) is 6.92 Å². The number of H-pyrrole nitrogens is 2. The highest BCUT2D eigenvalue weighted by Gasteiger charge is 2.23. The summed E-state index contributed by atoms with van der Waals surface area (Å²) in [6.45, 7) is 2.17. The molecule has 2 heterocycles. The zero-order chi connectivity index (χ0) is 21.9. The number of fused-ring (bicyclic) bond motifs is 7. The zero-order valence-corrected chi connectivity index (χ0v) is 18.3. The monoisotopic (exact) mass is 422 g/mol. The highest BCUT2D eigenvalue weighted by Crippen LogP contribution is 2.48. The van der Waals surface area contributed by atoms with Gasteiger partial charge >= 0.3 is 0 Å². The lowest BCUT2D eigenvalue weighted by Crippen LogP contribution is -1.90. The Balaban J connectivity index is 1.83. The van der Waals surface area contributed by atoms with Crippen LogP contribution in [0.5, 0.6) is 0 Å². The summed E-state index contributed by atoms with van der Waals surface area (Å²) in [5.74, 6) is 0. The number of benzene rings is 5. The van der Waals surface area contributed by atoms with Gasteiger partial charge in [0.25, 0.3) is 0 Å². The molecule has 2 heteroatoms. The normalized spacial score (nSPS) is 11.8. The lowest BCUT2D eigenvalue weighted by atomic mass is 9.88. The van der Waals surface area contributed by atoms with Crippen molar-refractivity contribution in [3.63, 3.8) is 0 Å². The first kappa shape index (κ1) is 18.3. The Bertz CT molecular complexity index is 1820. The Labute approximate surface area is 191 Å². The molecule has 0 aliphatic rings. The van der Waals surface area contributed by atoms with Gasteiger partial charge in [-0.1, -0.05) is 96.6 Å². The van der Waals surface area contributed by atoms with Crippen molar-refractivity contribution in [1.29, 1.82) is 0 Å². The van der Waals surface area contributed by atoms with Gasteiger partial charge in [0.2, 0.25) is 0 Å². The third-order valence-electron chi connectivity index (χ3n) is 6.78. The molecule has 0 saturated heterocycles. The van der Waals surface area contributed by atoms with Crippen molar-refractivity contribution in [3.8, 4) is 22.3 Å². The third kappa shape index (κ3) is 2.61. The fourth-order valence-corrected chi connectivity index (χ4v) is 5.41. The molecular weight excluding hydrogens is 400 g/mol. The average Bonchev–Trinajstić information content (AvgIpc) is 3.42. The van der Waals surface area contributed by atoms with Crippen LogP contribution in [0.2, 0.25) is 0 Å². The molecule has 0 spiro atoms. The summed E-state index contributed by atoms with van der Waals surface area (Å²) in [5.41, 5.74) is 10.9. The molecule has 0 amide bonds. The lowest BCUT2D eigenvalue weighted by Gasteiger charge is -2.15. The van der Waals surface area contributed by atoms with E-state index in [4.69, 9.17) is 0 Å². The summed E-state index contributed by atoms with van der Waals surface area (Å²) in [4.78, 5) is 7.57. The summed E-state index contributed by atoms with van der Waals surface area (Å²) in [7, 11) is 0. The van der Waals surface area contributed by atoms with Crippen LogP contribution < -0.4 is 0 Å². The predicted octanol–water partition coefficient (Wildman–Crippen LogP) is 8.60. The molecule has 2 aromatic heterocycles. The molecule has 156 valence electrons. The molecule has 2 nitrogen and oxygen atoms in total. The van der Waals surface area contributed by atoms with E-state index in [-0.39, 0.29) is 0 Å². The topological polar surface area (TPSA) is 31.6 Å². The third-order valence-corrected chi connectivity index (χ3v) is 6.78. The maximum Gasteiger partial charge on any atom is 0.0573 e. The Morgan fingerprint density at radius 1 is 0.485 bits per heavy atom. The van der Waals surface area contributed by atoms with Crippen LogP contribution in [-0.2, 0) is 0 Å². The van der Waals surface area contributed by atoms with E-state index in [0.29, 0.717) is 0 Å². The highest BCUT2D eigenvalue weighted by molar-refractivity contribution is 6.32. The molecule has 7 rings (SSSR count). The van der Waals surface area contributed by atoms with E-state index in [1.807, 2.05) is 0 Å². The van der Waals surface area contributed by atoms with Gasteiger partial charge in [0.05, 0.1) is 11.0 Å². The van der Waals surface area contributed by atoms with Crippen LogP contribution in [0.15, 0.2) is 103 Å². The standard InChI is InChI=1S/C31H22N2/c1-19-10-9-13-21(18-19)26-27(20-11-3-2-4-12-20)30-29(23-15-6-8-17-25(23)32-30)31-28(26)22-14-5-7-16-24(22)33-31/h2-18,32-33H,1H3. The van der Waals surface area contributed by atoms with E-state index in [1.165, 1.54) is 60.4 Å². The molecule has 0 aliphatic heterocycles. The SMILES string of the molecule is Cc1cccc(-c2c(-c3ccccc3)c3[nH]c4ccccc4c3c3[nH]c4ccccc4c23)c1. The molecule has 7 aromatic rings. The van der Waals surface area contributed by atoms with E-state index in [0.717, 1.165) is 11.0 Å². The predicted molar refractivity (Wildman–Crippen MR) is 141 cm³/mol. The van der Waals surface area contributed by atoms with Crippen molar-refractivity contribution < 1.29 is 0 Å². The molecule has 5 aromatic carbocycles. The van der Waals surface area contributed by atoms with Gasteiger partial charge in [0.1, 0.15) is 0 Å². The van der Waals surface area contributed by atoms with E-state index in [1.54, 1.807) is 0 Å². The zero-order valence-electron chi connectivity index (χ0n) is 18.3. The number of aromatic nitrogens is 2. The van der Waals surface area contributed by atoms with E-state index < -0.39 is 0 Å². The number of hydrogen-bond acceptors (Lipinski definition) is 0. The van der Waals surface area contributed by atoms with Gasteiger partial charge in [-0.25, -0.2) is 0 Å². The van der Waals surface area contributed by atoms with Gasteiger partial charge in [-0.05, 0) is 30.2 Å². The molecule has 0 radical (unpaired) electrons. The van der Waals surface area contributed by atoms with Gasteiger partial charge in [-0.15, -0.1) is 0 Å². The van der Waals surface area contributed by atoms with E-state index in [9.17, 15) is 0 Å². The van der Waals surface area contributed by atoms with Crippen LogP contribution >= 0.6 is 0 Å². The maximum absolute atomic E-state index is 3.79. The Kier molecular flexibility index (Phi) is 3.80. The summed E-state index contributed by atoms with van der Waals surface area (Å²) in [6.07, 6.45) is 0. The molecule has 0 atom stereocenters. The van der Waals surface area contributed by atoms with Gasteiger partial charge in [0, 0.05) is 43.7 Å². The first-order valence-electron chi connectivity index (χ1n) is 11.4. The number of aromatic amines is 2. The summed E-state index contributed by atoms with van der Waals surface area (Å²) in [5, 5.41) is 5.05. The highest BCUT2D eigenvalue weighted by atomic mass is 14.8. The fraction of sp³-hybridized carbons (Fsp3) is 0.0323. The molecule has 2 N–H and O–H groups in total. The maximum atomic E-state index is 3.79. The van der Waals surface area contributed by atoms with E-state index in [2.05, 4.69) is 120 Å². The van der Waals surface area contributed by atoms with Gasteiger partial charge in [-0.3, -0.25) is 0 Å². The Morgan fingerprint density at radius 3 is 1.82 bits per heavy atom. The minimum Gasteiger partial charge on any atom is -0.354 e. The minimum absolute atomic E-state index is 1.16. The summed E-state index contributed by atoms with van der Waals surface area (Å²) >= 11 is 0. The second kappa shape index (κ2) is 6.85. The molecular formula is C31H22N2. The second-order valence-electron chi connectivity index (χ2n) is 8.83. The molecule has 0 bridgehead atoms. The van der Waals surface area contributed by atoms with Crippen molar-refractivity contribution in [2.24, 2.45) is 0 Å². The molecule has 0 aliphatic carbocycles. The lowest BCUT2D eigenvalue weighted by molar-refractivity contribution is 1.47. The van der Waals surface area contributed by atoms with Crippen molar-refractivity contribution >= 4 is 43.6 Å². The Hall–Kier alpha value is -4.30. The number of hydrogen-bond donors (Lipinski definition) is 2. The van der Waals surface area contributed by atoms with Crippen LogP contribution in [0.4, 0.5) is 0 Å². The number of rotatable bonds is 2. The number of para-hydroxylation sites is 2. The van der Waals surface area contributed by atoms with Gasteiger partial charge in [-0.2, -0.15) is 0 Å². The van der Waals surface area contributed by atoms with Crippen molar-refractivity contribution in [1.82, 2.24) is 9.97 Å². The first-order valence-corrected chi connectivity index (χ1v) is 11.4. The molecule has 0 saturated carbocycles. The first-order chi connectivity index (χ1) is 16.3. The van der Waals surface area contributed by atoms with Crippen LogP contribution in [0.3, 0.4) is 0 Å². The van der Waals surface area contributed by atoms with Crippen molar-refractivity contribution in [3.05, 3.63) is 109 Å². The van der Waals surface area contributed by atoms with Crippen LogP contribution in [0.1, 0.15) is 5.56 Å². The van der Waals surface area contributed by atoms with Gasteiger partial charge < -0.3 is 9.97 Å². The van der Waals surface area contributed by atoms with Crippen molar-refractivity contribution in [2.75, 3.05) is 0 Å². The second-order valence-corrected chi connectivity index (χ2v) is 8.83. The van der Waals surface area contributed by atoms with Crippen LogP contribution in [0.25, 0.3) is 65.9 Å². The van der Waals surface area contributed by atoms with Crippen molar-refractivity contribution in [2.45, 2.75) is 6.92 Å². The molecule has 33 heavy (non-hydrogen) atoms. The summed E-state index contributed by atoms with van der Waals surface area (Å²) in [6, 6.07) is 36.9. The summed E-state index contributed by atoms with van der Waals surface area (Å²) < 4.78 is 0. The number of nitrogens with one attached hydrogen (secondary N) is 2. The molecule has 0 unspecified atom stereocenters. The fourth-order valence-electron chi connectivity index (χ4n) is 5.41. The Morgan fingerprint density at radius 2 is 1.09 bits per heavy atom. The quantitative estimate of drug-likeness (QED) is 0.279. The smallest absolute Gasteiger partial charge is 0.0573 e. The minimum atomic E-state index is 1.16.